The van der Waals surface area contributed by atoms with Crippen molar-refractivity contribution < 1.29 is 4.74 Å². The molecule has 0 saturated heterocycles. The second-order valence-electron chi connectivity index (χ2n) is 6.90. The van der Waals surface area contributed by atoms with Crippen LogP contribution in [0.1, 0.15) is 54.2 Å². The summed E-state index contributed by atoms with van der Waals surface area (Å²) in [5.74, 6) is 2.29. The number of methoxy groups -OCH3 is 1. The summed E-state index contributed by atoms with van der Waals surface area (Å²) in [5, 5.41) is 3.37. The standard InChI is InChI=1S/C22H29NO/c1-23-16-20(17-7-4-3-5-8-17)12-11-18-9-6-10-19-15-21(24-2)13-14-22(18)19/h3-5,7-8,13-15,18,20,23H,6,9-12,16H2,1-2H3. The van der Waals surface area contributed by atoms with Gasteiger partial charge in [-0.2, -0.15) is 0 Å². The van der Waals surface area contributed by atoms with Gasteiger partial charge in [0, 0.05) is 6.54 Å². The van der Waals surface area contributed by atoms with Gasteiger partial charge in [-0.05, 0) is 79.8 Å². The molecule has 0 bridgehead atoms. The summed E-state index contributed by atoms with van der Waals surface area (Å²) in [6.45, 7) is 1.05. The number of aryl methyl sites for hydroxylation is 1. The molecule has 0 saturated carbocycles. The Labute approximate surface area is 146 Å². The Balaban J connectivity index is 1.70. The van der Waals surface area contributed by atoms with Gasteiger partial charge < -0.3 is 10.1 Å². The lowest BCUT2D eigenvalue weighted by Gasteiger charge is -2.28. The Hall–Kier alpha value is -1.80. The number of rotatable bonds is 7. The molecule has 1 N–H and O–H groups in total. The smallest absolute Gasteiger partial charge is 0.119 e. The Morgan fingerprint density at radius 3 is 2.75 bits per heavy atom. The molecule has 0 amide bonds. The van der Waals surface area contributed by atoms with Crippen LogP contribution in [0.25, 0.3) is 0 Å². The number of likely N-dealkylation sites (N-methyl/N-ethyl adjacent to an activating group) is 1. The molecule has 1 aliphatic rings. The van der Waals surface area contributed by atoms with E-state index in [9.17, 15) is 0 Å². The van der Waals surface area contributed by atoms with E-state index in [2.05, 4.69) is 60.9 Å². The fraction of sp³-hybridized carbons (Fsp3) is 0.455. The van der Waals surface area contributed by atoms with Crippen LogP contribution in [0.4, 0.5) is 0 Å². The van der Waals surface area contributed by atoms with Crippen molar-refractivity contribution in [1.82, 2.24) is 5.32 Å². The predicted molar refractivity (Wildman–Crippen MR) is 101 cm³/mol. The zero-order valence-electron chi connectivity index (χ0n) is 14.9. The van der Waals surface area contributed by atoms with Gasteiger partial charge in [0.1, 0.15) is 5.75 Å². The van der Waals surface area contributed by atoms with E-state index in [-0.39, 0.29) is 0 Å². The minimum atomic E-state index is 0.597. The van der Waals surface area contributed by atoms with Crippen LogP contribution in [0.3, 0.4) is 0 Å². The van der Waals surface area contributed by atoms with Gasteiger partial charge >= 0.3 is 0 Å². The highest BCUT2D eigenvalue weighted by molar-refractivity contribution is 5.39. The minimum absolute atomic E-state index is 0.597. The van der Waals surface area contributed by atoms with Crippen molar-refractivity contribution in [3.8, 4) is 5.75 Å². The molecular formula is C22H29NO. The van der Waals surface area contributed by atoms with Crippen molar-refractivity contribution in [1.29, 1.82) is 0 Å². The van der Waals surface area contributed by atoms with Crippen molar-refractivity contribution in [3.05, 3.63) is 65.2 Å². The molecule has 1 aliphatic carbocycles. The molecule has 0 aliphatic heterocycles. The van der Waals surface area contributed by atoms with E-state index in [0.29, 0.717) is 11.8 Å². The summed E-state index contributed by atoms with van der Waals surface area (Å²) >= 11 is 0. The molecule has 0 fully saturated rings. The van der Waals surface area contributed by atoms with E-state index >= 15 is 0 Å². The maximum atomic E-state index is 5.40. The number of benzene rings is 2. The van der Waals surface area contributed by atoms with E-state index < -0.39 is 0 Å². The molecule has 0 aromatic heterocycles. The van der Waals surface area contributed by atoms with Crippen LogP contribution in [0.15, 0.2) is 48.5 Å². The molecular weight excluding hydrogens is 294 g/mol. The third kappa shape index (κ3) is 3.99. The van der Waals surface area contributed by atoms with E-state index in [1.54, 1.807) is 12.7 Å². The number of fused-ring (bicyclic) bond motifs is 1. The van der Waals surface area contributed by atoms with E-state index in [0.717, 1.165) is 12.3 Å². The number of hydrogen-bond acceptors (Lipinski definition) is 2. The summed E-state index contributed by atoms with van der Waals surface area (Å²) in [4.78, 5) is 0. The van der Waals surface area contributed by atoms with E-state index in [1.165, 1.54) is 43.2 Å². The van der Waals surface area contributed by atoms with Crippen LogP contribution < -0.4 is 10.1 Å². The van der Waals surface area contributed by atoms with Gasteiger partial charge in [-0.3, -0.25) is 0 Å². The topological polar surface area (TPSA) is 21.3 Å². The van der Waals surface area contributed by atoms with Crippen LogP contribution in [-0.4, -0.2) is 20.7 Å². The summed E-state index contributed by atoms with van der Waals surface area (Å²) in [5.41, 5.74) is 4.51. The summed E-state index contributed by atoms with van der Waals surface area (Å²) < 4.78 is 5.40. The van der Waals surface area contributed by atoms with Crippen molar-refractivity contribution in [2.45, 2.75) is 43.9 Å². The molecule has 24 heavy (non-hydrogen) atoms. The lowest BCUT2D eigenvalue weighted by atomic mass is 9.78. The summed E-state index contributed by atoms with van der Waals surface area (Å²) in [7, 11) is 3.81. The molecule has 2 aromatic carbocycles. The molecule has 2 aromatic rings. The lowest BCUT2D eigenvalue weighted by Crippen LogP contribution is -2.19. The average Bonchev–Trinajstić information content (AvgIpc) is 2.65. The van der Waals surface area contributed by atoms with Gasteiger partial charge in [-0.25, -0.2) is 0 Å². The summed E-state index contributed by atoms with van der Waals surface area (Å²) in [6, 6.07) is 17.6. The third-order valence-electron chi connectivity index (χ3n) is 5.37. The average molecular weight is 323 g/mol. The zero-order chi connectivity index (χ0) is 16.8. The fourth-order valence-corrected chi connectivity index (χ4v) is 4.08. The van der Waals surface area contributed by atoms with Crippen molar-refractivity contribution in [3.63, 3.8) is 0 Å². The van der Waals surface area contributed by atoms with E-state index in [1.807, 2.05) is 0 Å². The highest BCUT2D eigenvalue weighted by Gasteiger charge is 2.22. The Morgan fingerprint density at radius 1 is 1.17 bits per heavy atom. The Kier molecular flexibility index (Phi) is 5.92. The lowest BCUT2D eigenvalue weighted by molar-refractivity contribution is 0.411. The summed E-state index contributed by atoms with van der Waals surface area (Å²) in [6.07, 6.45) is 6.32. The Morgan fingerprint density at radius 2 is 2.00 bits per heavy atom. The van der Waals surface area contributed by atoms with Gasteiger partial charge in [-0.1, -0.05) is 36.4 Å². The monoisotopic (exact) mass is 323 g/mol. The van der Waals surface area contributed by atoms with Gasteiger partial charge in [0.25, 0.3) is 0 Å². The zero-order valence-corrected chi connectivity index (χ0v) is 14.9. The predicted octanol–water partition coefficient (Wildman–Crippen LogP) is 4.90. The first-order valence-electron chi connectivity index (χ1n) is 9.18. The van der Waals surface area contributed by atoms with Crippen LogP contribution >= 0.6 is 0 Å². The van der Waals surface area contributed by atoms with Gasteiger partial charge in [0.15, 0.2) is 0 Å². The quantitative estimate of drug-likeness (QED) is 0.782. The molecule has 0 radical (unpaired) electrons. The molecule has 2 atom stereocenters. The molecule has 2 unspecified atom stereocenters. The van der Waals surface area contributed by atoms with Crippen LogP contribution in [0, 0.1) is 0 Å². The van der Waals surface area contributed by atoms with Crippen LogP contribution in [-0.2, 0) is 6.42 Å². The van der Waals surface area contributed by atoms with E-state index in [4.69, 9.17) is 4.74 Å². The normalized spacial score (nSPS) is 18.0. The maximum Gasteiger partial charge on any atom is 0.119 e. The molecule has 0 heterocycles. The Bertz CT molecular complexity index is 638. The maximum absolute atomic E-state index is 5.40. The van der Waals surface area contributed by atoms with Gasteiger partial charge in [0.2, 0.25) is 0 Å². The minimum Gasteiger partial charge on any atom is -0.497 e. The SMILES string of the molecule is CNCC(CCC1CCCc2cc(OC)ccc21)c1ccccc1. The van der Waals surface area contributed by atoms with Gasteiger partial charge in [0.05, 0.1) is 7.11 Å². The molecule has 3 rings (SSSR count). The number of nitrogens with one attached hydrogen (secondary N) is 1. The number of ether oxygens (including phenoxy) is 1. The molecule has 128 valence electrons. The second kappa shape index (κ2) is 8.34. The van der Waals surface area contributed by atoms with Crippen molar-refractivity contribution in [2.75, 3.05) is 20.7 Å². The second-order valence-corrected chi connectivity index (χ2v) is 6.90. The van der Waals surface area contributed by atoms with Crippen LogP contribution in [0.5, 0.6) is 5.75 Å². The first kappa shape index (κ1) is 17.0. The first-order chi connectivity index (χ1) is 11.8. The first-order valence-corrected chi connectivity index (χ1v) is 9.18. The fourth-order valence-electron chi connectivity index (χ4n) is 4.08. The number of hydrogen-bond donors (Lipinski definition) is 1. The van der Waals surface area contributed by atoms with Gasteiger partial charge in [-0.15, -0.1) is 0 Å². The highest BCUT2D eigenvalue weighted by atomic mass is 16.5. The molecule has 2 nitrogen and oxygen atoms in total. The van der Waals surface area contributed by atoms with Crippen molar-refractivity contribution >= 4 is 0 Å². The largest absolute Gasteiger partial charge is 0.497 e. The van der Waals surface area contributed by atoms with Crippen molar-refractivity contribution in [2.24, 2.45) is 0 Å². The molecule has 2 heteroatoms. The highest BCUT2D eigenvalue weighted by Crippen LogP contribution is 2.38. The van der Waals surface area contributed by atoms with Crippen LogP contribution in [0.2, 0.25) is 0 Å². The third-order valence-corrected chi connectivity index (χ3v) is 5.37. The molecule has 0 spiro atoms.